The average molecular weight is 168 g/mol. The van der Waals surface area contributed by atoms with Gasteiger partial charge in [0.05, 0.1) is 6.42 Å². The lowest BCUT2D eigenvalue weighted by Crippen LogP contribution is -2.19. The fourth-order valence-electron chi connectivity index (χ4n) is 2.21. The molecule has 1 aliphatic rings. The third kappa shape index (κ3) is 2.10. The Kier molecular flexibility index (Phi) is 2.90. The summed E-state index contributed by atoms with van der Waals surface area (Å²) in [6.07, 6.45) is 7.52. The molecular formula is C10H16O2. The highest BCUT2D eigenvalue weighted by atomic mass is 16.4. The number of aliphatic carboxylic acids is 1. The van der Waals surface area contributed by atoms with E-state index >= 15 is 0 Å². The summed E-state index contributed by atoms with van der Waals surface area (Å²) in [6.45, 7) is 3.68. The van der Waals surface area contributed by atoms with Crippen molar-refractivity contribution in [3.05, 3.63) is 12.7 Å². The van der Waals surface area contributed by atoms with Crippen LogP contribution in [0.3, 0.4) is 0 Å². The maximum Gasteiger partial charge on any atom is 0.303 e. The van der Waals surface area contributed by atoms with Gasteiger partial charge >= 0.3 is 5.97 Å². The molecule has 2 nitrogen and oxygen atoms in total. The largest absolute Gasteiger partial charge is 0.481 e. The molecule has 0 aliphatic heterocycles. The van der Waals surface area contributed by atoms with Gasteiger partial charge in [-0.25, -0.2) is 0 Å². The first-order valence-electron chi connectivity index (χ1n) is 4.51. The van der Waals surface area contributed by atoms with E-state index in [0.717, 1.165) is 19.3 Å². The van der Waals surface area contributed by atoms with Crippen LogP contribution in [0.15, 0.2) is 12.7 Å². The molecule has 0 bridgehead atoms. The van der Waals surface area contributed by atoms with Gasteiger partial charge in [-0.2, -0.15) is 0 Å². The van der Waals surface area contributed by atoms with Gasteiger partial charge in [-0.1, -0.05) is 18.9 Å². The van der Waals surface area contributed by atoms with Crippen molar-refractivity contribution in [2.75, 3.05) is 0 Å². The molecular weight excluding hydrogens is 152 g/mol. The van der Waals surface area contributed by atoms with Crippen LogP contribution in [0, 0.1) is 5.41 Å². The Morgan fingerprint density at radius 2 is 2.08 bits per heavy atom. The number of hydrogen-bond acceptors (Lipinski definition) is 1. The Balaban J connectivity index is 2.57. The van der Waals surface area contributed by atoms with Gasteiger partial charge in [0.15, 0.2) is 0 Å². The van der Waals surface area contributed by atoms with Crippen molar-refractivity contribution >= 4 is 5.97 Å². The van der Waals surface area contributed by atoms with Crippen LogP contribution in [0.1, 0.15) is 38.5 Å². The Labute approximate surface area is 73.3 Å². The quantitative estimate of drug-likeness (QED) is 0.655. The second kappa shape index (κ2) is 3.74. The summed E-state index contributed by atoms with van der Waals surface area (Å²) in [5.41, 5.74) is 0.0492. The summed E-state index contributed by atoms with van der Waals surface area (Å²) in [4.78, 5) is 10.6. The molecule has 0 amide bonds. The smallest absolute Gasteiger partial charge is 0.303 e. The molecule has 1 rings (SSSR count). The van der Waals surface area contributed by atoms with E-state index in [9.17, 15) is 4.79 Å². The van der Waals surface area contributed by atoms with E-state index in [-0.39, 0.29) is 5.41 Å². The minimum atomic E-state index is -0.668. The lowest BCUT2D eigenvalue weighted by atomic mass is 9.80. The van der Waals surface area contributed by atoms with E-state index in [1.54, 1.807) is 0 Å². The highest BCUT2D eigenvalue weighted by Crippen LogP contribution is 2.44. The van der Waals surface area contributed by atoms with Gasteiger partial charge in [-0.05, 0) is 24.7 Å². The third-order valence-electron chi connectivity index (χ3n) is 2.77. The zero-order valence-electron chi connectivity index (χ0n) is 7.38. The number of carboxylic acids is 1. The van der Waals surface area contributed by atoms with Crippen LogP contribution in [0.25, 0.3) is 0 Å². The first-order valence-corrected chi connectivity index (χ1v) is 4.51. The number of rotatable bonds is 4. The Morgan fingerprint density at radius 1 is 1.50 bits per heavy atom. The van der Waals surface area contributed by atoms with Crippen LogP contribution in [-0.2, 0) is 4.79 Å². The third-order valence-corrected chi connectivity index (χ3v) is 2.77. The zero-order chi connectivity index (χ0) is 9.03. The molecule has 0 spiro atoms. The van der Waals surface area contributed by atoms with Gasteiger partial charge in [0.2, 0.25) is 0 Å². The van der Waals surface area contributed by atoms with Gasteiger partial charge < -0.3 is 5.11 Å². The van der Waals surface area contributed by atoms with Gasteiger partial charge in [-0.3, -0.25) is 4.79 Å². The van der Waals surface area contributed by atoms with Crippen molar-refractivity contribution in [1.82, 2.24) is 0 Å². The molecule has 2 heteroatoms. The topological polar surface area (TPSA) is 37.3 Å². The van der Waals surface area contributed by atoms with Crippen LogP contribution < -0.4 is 0 Å². The van der Waals surface area contributed by atoms with Gasteiger partial charge in [0.1, 0.15) is 0 Å². The van der Waals surface area contributed by atoms with Crippen molar-refractivity contribution in [1.29, 1.82) is 0 Å². The number of carboxylic acid groups (broad SMARTS) is 1. The van der Waals surface area contributed by atoms with E-state index < -0.39 is 5.97 Å². The lowest BCUT2D eigenvalue weighted by molar-refractivity contribution is -0.139. The zero-order valence-corrected chi connectivity index (χ0v) is 7.38. The molecule has 0 heterocycles. The van der Waals surface area contributed by atoms with E-state index in [1.807, 2.05) is 6.08 Å². The van der Waals surface area contributed by atoms with E-state index in [1.165, 1.54) is 12.8 Å². The second-order valence-electron chi connectivity index (χ2n) is 3.77. The SMILES string of the molecule is C=CCC1(CC(=O)O)CCCC1. The Hall–Kier alpha value is -0.790. The fraction of sp³-hybridized carbons (Fsp3) is 0.700. The molecule has 12 heavy (non-hydrogen) atoms. The molecule has 0 radical (unpaired) electrons. The molecule has 0 saturated heterocycles. The molecule has 0 unspecified atom stereocenters. The van der Waals surface area contributed by atoms with Crippen molar-refractivity contribution < 1.29 is 9.90 Å². The van der Waals surface area contributed by atoms with Crippen molar-refractivity contribution in [2.45, 2.75) is 38.5 Å². The molecule has 0 aromatic rings. The number of allylic oxidation sites excluding steroid dienone is 1. The summed E-state index contributed by atoms with van der Waals surface area (Å²) in [5.74, 6) is -0.668. The Bertz CT molecular complexity index is 178. The minimum Gasteiger partial charge on any atom is -0.481 e. The maximum absolute atomic E-state index is 10.6. The predicted molar refractivity (Wildman–Crippen MR) is 48.0 cm³/mol. The lowest BCUT2D eigenvalue weighted by Gasteiger charge is -2.25. The highest BCUT2D eigenvalue weighted by Gasteiger charge is 2.34. The van der Waals surface area contributed by atoms with E-state index in [0.29, 0.717) is 6.42 Å². The summed E-state index contributed by atoms with van der Waals surface area (Å²) < 4.78 is 0. The van der Waals surface area contributed by atoms with Crippen LogP contribution in [-0.4, -0.2) is 11.1 Å². The molecule has 0 aromatic carbocycles. The van der Waals surface area contributed by atoms with E-state index in [2.05, 4.69) is 6.58 Å². The van der Waals surface area contributed by atoms with Gasteiger partial charge in [0.25, 0.3) is 0 Å². The highest BCUT2D eigenvalue weighted by molar-refractivity contribution is 5.67. The molecule has 1 saturated carbocycles. The average Bonchev–Trinajstić information content (AvgIpc) is 2.36. The molecule has 1 fully saturated rings. The van der Waals surface area contributed by atoms with E-state index in [4.69, 9.17) is 5.11 Å². The number of carbonyl (C=O) groups is 1. The van der Waals surface area contributed by atoms with Crippen LogP contribution in [0.5, 0.6) is 0 Å². The standard InChI is InChI=1S/C10H16O2/c1-2-5-10(8-9(11)12)6-3-4-7-10/h2H,1,3-8H2,(H,11,12). The molecule has 0 aromatic heterocycles. The first kappa shape index (κ1) is 9.30. The molecule has 68 valence electrons. The monoisotopic (exact) mass is 168 g/mol. The van der Waals surface area contributed by atoms with Gasteiger partial charge in [-0.15, -0.1) is 6.58 Å². The van der Waals surface area contributed by atoms with Crippen LogP contribution in [0.4, 0.5) is 0 Å². The van der Waals surface area contributed by atoms with Crippen LogP contribution in [0.2, 0.25) is 0 Å². The molecule has 1 aliphatic carbocycles. The van der Waals surface area contributed by atoms with Crippen LogP contribution >= 0.6 is 0 Å². The summed E-state index contributed by atoms with van der Waals surface area (Å²) in [5, 5.41) is 8.73. The molecule has 1 N–H and O–H groups in total. The minimum absolute atomic E-state index is 0.0492. The summed E-state index contributed by atoms with van der Waals surface area (Å²) in [7, 11) is 0. The number of hydrogen-bond donors (Lipinski definition) is 1. The Morgan fingerprint density at radius 3 is 2.50 bits per heavy atom. The van der Waals surface area contributed by atoms with Crippen molar-refractivity contribution in [3.63, 3.8) is 0 Å². The van der Waals surface area contributed by atoms with Crippen molar-refractivity contribution in [2.24, 2.45) is 5.41 Å². The maximum atomic E-state index is 10.6. The summed E-state index contributed by atoms with van der Waals surface area (Å²) in [6, 6.07) is 0. The normalized spacial score (nSPS) is 20.7. The molecule has 0 atom stereocenters. The second-order valence-corrected chi connectivity index (χ2v) is 3.77. The summed E-state index contributed by atoms with van der Waals surface area (Å²) >= 11 is 0. The first-order chi connectivity index (χ1) is 5.68. The predicted octanol–water partition coefficient (Wildman–Crippen LogP) is 2.60. The van der Waals surface area contributed by atoms with Gasteiger partial charge in [0, 0.05) is 0 Å². The fourth-order valence-corrected chi connectivity index (χ4v) is 2.21. The van der Waals surface area contributed by atoms with Crippen molar-refractivity contribution in [3.8, 4) is 0 Å².